The first kappa shape index (κ1) is 31.1. The van der Waals surface area contributed by atoms with Crippen molar-refractivity contribution in [2.24, 2.45) is 11.8 Å². The standard InChI is InChI=1S/C30H14F12O2/c31-27(32,33)17-5-15(6-18(11-17)28(34,35)36)13-1-3-21-23(9-13)26(44)22-4-2-14(10-24(22)25(21)43)16-7-19(29(37,38)39)12-20(8-16)30(40,41)42/h1-12,21,23H. The van der Waals surface area contributed by atoms with Crippen LogP contribution < -0.4 is 0 Å². The fourth-order valence-corrected chi connectivity index (χ4v) is 5.11. The number of alkyl halides is 12. The number of hydrogen-bond donors (Lipinski definition) is 0. The monoisotopic (exact) mass is 634 g/mol. The predicted octanol–water partition coefficient (Wildman–Crippen LogP) is 9.69. The summed E-state index contributed by atoms with van der Waals surface area (Å²) in [6, 6.07) is 4.72. The Morgan fingerprint density at radius 1 is 0.455 bits per heavy atom. The molecule has 0 bridgehead atoms. The summed E-state index contributed by atoms with van der Waals surface area (Å²) in [6.45, 7) is 0. The Labute approximate surface area is 239 Å². The molecule has 0 N–H and O–H groups in total. The van der Waals surface area contributed by atoms with Gasteiger partial charge >= 0.3 is 24.7 Å². The minimum absolute atomic E-state index is 0.0649. The molecular weight excluding hydrogens is 620 g/mol. The van der Waals surface area contributed by atoms with Gasteiger partial charge in [-0.15, -0.1) is 0 Å². The van der Waals surface area contributed by atoms with Gasteiger partial charge in [0.15, 0.2) is 11.6 Å². The lowest BCUT2D eigenvalue weighted by atomic mass is 9.70. The predicted molar refractivity (Wildman–Crippen MR) is 131 cm³/mol. The summed E-state index contributed by atoms with van der Waals surface area (Å²) in [4.78, 5) is 26.7. The summed E-state index contributed by atoms with van der Waals surface area (Å²) in [5.41, 5.74) is -8.47. The van der Waals surface area contributed by atoms with E-state index >= 15 is 0 Å². The molecule has 0 aromatic heterocycles. The molecule has 3 aromatic rings. The summed E-state index contributed by atoms with van der Waals surface area (Å²) in [5, 5.41) is 0. The molecule has 0 heterocycles. The van der Waals surface area contributed by atoms with E-state index in [9.17, 15) is 62.3 Å². The number of carbonyl (C=O) groups excluding carboxylic acids is 2. The van der Waals surface area contributed by atoms with E-state index in [-0.39, 0.29) is 34.4 Å². The highest BCUT2D eigenvalue weighted by atomic mass is 19.4. The molecule has 2 unspecified atom stereocenters. The van der Waals surface area contributed by atoms with Crippen LogP contribution in [-0.4, -0.2) is 11.6 Å². The van der Waals surface area contributed by atoms with Crippen molar-refractivity contribution >= 4 is 17.1 Å². The fraction of sp³-hybridized carbons (Fsp3) is 0.200. The molecule has 44 heavy (non-hydrogen) atoms. The number of hydrogen-bond acceptors (Lipinski definition) is 2. The molecule has 0 radical (unpaired) electrons. The van der Waals surface area contributed by atoms with Gasteiger partial charge < -0.3 is 0 Å². The minimum atomic E-state index is -5.14. The van der Waals surface area contributed by atoms with Crippen LogP contribution >= 0.6 is 0 Å². The van der Waals surface area contributed by atoms with Crippen LogP contribution in [0.1, 0.15) is 48.5 Å². The number of carbonyl (C=O) groups is 2. The van der Waals surface area contributed by atoms with Crippen molar-refractivity contribution in [1.29, 1.82) is 0 Å². The van der Waals surface area contributed by atoms with E-state index in [1.807, 2.05) is 0 Å². The average molecular weight is 634 g/mol. The molecule has 2 nitrogen and oxygen atoms in total. The van der Waals surface area contributed by atoms with Crippen LogP contribution in [0, 0.1) is 11.8 Å². The van der Waals surface area contributed by atoms with Gasteiger partial charge in [0.2, 0.25) is 0 Å². The molecule has 230 valence electrons. The molecule has 14 heteroatoms. The van der Waals surface area contributed by atoms with Gasteiger partial charge in [0, 0.05) is 11.1 Å². The van der Waals surface area contributed by atoms with E-state index in [2.05, 4.69) is 0 Å². The second-order valence-electron chi connectivity index (χ2n) is 10.1. The molecule has 2 atom stereocenters. The molecule has 0 fully saturated rings. The zero-order valence-corrected chi connectivity index (χ0v) is 21.4. The van der Waals surface area contributed by atoms with Crippen molar-refractivity contribution in [1.82, 2.24) is 0 Å². The topological polar surface area (TPSA) is 34.1 Å². The Hall–Kier alpha value is -4.36. The first-order valence-corrected chi connectivity index (χ1v) is 12.4. The van der Waals surface area contributed by atoms with Crippen molar-refractivity contribution in [2.45, 2.75) is 24.7 Å². The Morgan fingerprint density at radius 2 is 0.886 bits per heavy atom. The van der Waals surface area contributed by atoms with Crippen LogP contribution in [0.25, 0.3) is 16.7 Å². The average Bonchev–Trinajstić information content (AvgIpc) is 2.93. The van der Waals surface area contributed by atoms with E-state index in [4.69, 9.17) is 0 Å². The van der Waals surface area contributed by atoms with E-state index in [0.717, 1.165) is 36.4 Å². The Bertz CT molecular complexity index is 1690. The SMILES string of the molecule is O=C1c2ccc(-c3cc(C(F)(F)F)cc(C(F)(F)F)c3)cc2C(=O)C2C=CC(c3cc(C(F)(F)F)cc(C(F)(F)F)c3)=CC12. The van der Waals surface area contributed by atoms with Crippen molar-refractivity contribution in [2.75, 3.05) is 0 Å². The summed E-state index contributed by atoms with van der Waals surface area (Å²) < 4.78 is 160. The van der Waals surface area contributed by atoms with Crippen LogP contribution in [0.15, 0.2) is 72.8 Å². The molecule has 2 aliphatic rings. The minimum Gasteiger partial charge on any atom is -0.293 e. The third kappa shape index (κ3) is 5.76. The van der Waals surface area contributed by atoms with Crippen molar-refractivity contribution in [3.63, 3.8) is 0 Å². The first-order valence-electron chi connectivity index (χ1n) is 12.4. The second kappa shape index (κ2) is 10.1. The number of allylic oxidation sites excluding steroid dienone is 4. The van der Waals surface area contributed by atoms with Gasteiger partial charge in [-0.2, -0.15) is 52.7 Å². The largest absolute Gasteiger partial charge is 0.416 e. The van der Waals surface area contributed by atoms with Gasteiger partial charge in [-0.3, -0.25) is 9.59 Å². The lowest BCUT2D eigenvalue weighted by molar-refractivity contribution is -0.144. The number of benzene rings is 3. The number of Topliss-reactive ketones (excluding diaryl/α,β-unsaturated/α-hetero) is 2. The molecule has 0 aliphatic heterocycles. The van der Waals surface area contributed by atoms with Crippen molar-refractivity contribution < 1.29 is 62.3 Å². The number of halogens is 12. The molecule has 2 aliphatic carbocycles. The highest BCUT2D eigenvalue weighted by Gasteiger charge is 2.42. The molecule has 5 rings (SSSR count). The maximum Gasteiger partial charge on any atom is 0.416 e. The highest BCUT2D eigenvalue weighted by Crippen LogP contribution is 2.43. The molecule has 0 amide bonds. The lowest BCUT2D eigenvalue weighted by Gasteiger charge is -2.30. The normalized spacial score (nSPS) is 19.0. The van der Waals surface area contributed by atoms with Gasteiger partial charge in [0.25, 0.3) is 0 Å². The maximum absolute atomic E-state index is 13.4. The van der Waals surface area contributed by atoms with Gasteiger partial charge in [-0.25, -0.2) is 0 Å². The Morgan fingerprint density at radius 3 is 1.34 bits per heavy atom. The van der Waals surface area contributed by atoms with Crippen molar-refractivity contribution in [3.8, 4) is 11.1 Å². The van der Waals surface area contributed by atoms with Crippen molar-refractivity contribution in [3.05, 3.63) is 112 Å². The summed E-state index contributed by atoms with van der Waals surface area (Å²) in [6.07, 6.45) is -17.3. The van der Waals surface area contributed by atoms with Crippen LogP contribution in [0.5, 0.6) is 0 Å². The van der Waals surface area contributed by atoms with Crippen LogP contribution in [0.2, 0.25) is 0 Å². The van der Waals surface area contributed by atoms with Gasteiger partial charge in [-0.05, 0) is 64.7 Å². The van der Waals surface area contributed by atoms with E-state index < -0.39 is 81.5 Å². The smallest absolute Gasteiger partial charge is 0.293 e. The number of rotatable bonds is 2. The third-order valence-corrected chi connectivity index (χ3v) is 7.23. The van der Waals surface area contributed by atoms with Crippen LogP contribution in [-0.2, 0) is 24.7 Å². The lowest BCUT2D eigenvalue weighted by Crippen LogP contribution is -2.35. The molecule has 0 spiro atoms. The Kier molecular flexibility index (Phi) is 7.13. The van der Waals surface area contributed by atoms with Gasteiger partial charge in [0.1, 0.15) is 0 Å². The molecular formula is C30H14F12O2. The van der Waals surface area contributed by atoms with E-state index in [0.29, 0.717) is 24.3 Å². The first-order chi connectivity index (χ1) is 20.1. The van der Waals surface area contributed by atoms with E-state index in [1.165, 1.54) is 0 Å². The molecule has 0 saturated heterocycles. The fourth-order valence-electron chi connectivity index (χ4n) is 5.11. The quantitative estimate of drug-likeness (QED) is 0.263. The van der Waals surface area contributed by atoms with Gasteiger partial charge in [0.05, 0.1) is 34.1 Å². The van der Waals surface area contributed by atoms with Crippen LogP contribution in [0.4, 0.5) is 52.7 Å². The Balaban J connectivity index is 1.56. The zero-order chi connectivity index (χ0) is 32.6. The molecule has 0 saturated carbocycles. The highest BCUT2D eigenvalue weighted by molar-refractivity contribution is 6.18. The second-order valence-corrected chi connectivity index (χ2v) is 10.1. The summed E-state index contributed by atoms with van der Waals surface area (Å²) in [5.74, 6) is -4.19. The van der Waals surface area contributed by atoms with E-state index in [1.54, 1.807) is 0 Å². The molecule has 3 aromatic carbocycles. The van der Waals surface area contributed by atoms with Gasteiger partial charge in [-0.1, -0.05) is 30.4 Å². The van der Waals surface area contributed by atoms with Crippen LogP contribution in [0.3, 0.4) is 0 Å². The maximum atomic E-state index is 13.4. The third-order valence-electron chi connectivity index (χ3n) is 7.23. The zero-order valence-electron chi connectivity index (χ0n) is 21.4. The number of ketones is 2. The number of fused-ring (bicyclic) bond motifs is 2. The summed E-state index contributed by atoms with van der Waals surface area (Å²) >= 11 is 0. The summed E-state index contributed by atoms with van der Waals surface area (Å²) in [7, 11) is 0.